The van der Waals surface area contributed by atoms with Gasteiger partial charge >= 0.3 is 0 Å². The summed E-state index contributed by atoms with van der Waals surface area (Å²) in [5, 5.41) is 0. The van der Waals surface area contributed by atoms with Gasteiger partial charge in [-0.05, 0) is 24.1 Å². The molecule has 0 heterocycles. The number of hydrogen-bond donors (Lipinski definition) is 1. The Labute approximate surface area is 113 Å². The van der Waals surface area contributed by atoms with Crippen molar-refractivity contribution >= 4 is 11.6 Å². The third-order valence-corrected chi connectivity index (χ3v) is 3.23. The summed E-state index contributed by atoms with van der Waals surface area (Å²) in [6.45, 7) is 1.98. The van der Waals surface area contributed by atoms with Gasteiger partial charge in [0.1, 0.15) is 6.04 Å². The predicted octanol–water partition coefficient (Wildman–Crippen LogP) is 2.66. The maximum Gasteiger partial charge on any atom is 0.248 e. The van der Waals surface area contributed by atoms with Crippen LogP contribution in [-0.2, 0) is 4.79 Å². The molecule has 19 heavy (non-hydrogen) atoms. The van der Waals surface area contributed by atoms with Crippen molar-refractivity contribution in [2.75, 3.05) is 11.9 Å². The van der Waals surface area contributed by atoms with Crippen molar-refractivity contribution in [3.63, 3.8) is 0 Å². The predicted molar refractivity (Wildman–Crippen MR) is 78.0 cm³/mol. The molecule has 0 unspecified atom stereocenters. The zero-order valence-corrected chi connectivity index (χ0v) is 11.2. The molecule has 3 nitrogen and oxygen atoms in total. The van der Waals surface area contributed by atoms with Crippen LogP contribution in [0.3, 0.4) is 0 Å². The molecule has 0 saturated carbocycles. The van der Waals surface area contributed by atoms with Crippen LogP contribution >= 0.6 is 0 Å². The molecule has 0 radical (unpaired) electrons. The summed E-state index contributed by atoms with van der Waals surface area (Å²) in [5.74, 6) is -0.111. The topological polar surface area (TPSA) is 46.3 Å². The number of anilines is 1. The van der Waals surface area contributed by atoms with Gasteiger partial charge in [-0.3, -0.25) is 4.79 Å². The third-order valence-electron chi connectivity index (χ3n) is 3.23. The molecule has 0 fully saturated rings. The number of carbonyl (C=O) groups excluding carboxylic acids is 1. The molecule has 1 atom stereocenters. The van der Waals surface area contributed by atoms with Crippen molar-refractivity contribution in [3.8, 4) is 0 Å². The molecule has 0 aromatic heterocycles. The van der Waals surface area contributed by atoms with Crippen LogP contribution < -0.4 is 10.6 Å². The molecule has 0 aliphatic carbocycles. The fourth-order valence-corrected chi connectivity index (χ4v) is 2.07. The number of likely N-dealkylation sites (N-methyl/N-ethyl adjacent to an activating group) is 1. The molecular weight excluding hydrogens is 236 g/mol. The normalized spacial score (nSPS) is 11.9. The minimum Gasteiger partial charge on any atom is -0.316 e. The van der Waals surface area contributed by atoms with E-state index in [1.54, 1.807) is 11.9 Å². The highest BCUT2D eigenvalue weighted by atomic mass is 16.2. The number of rotatable bonds is 3. The number of nitrogens with zero attached hydrogens (tertiary/aromatic N) is 1. The second-order valence-corrected chi connectivity index (χ2v) is 4.57. The Morgan fingerprint density at radius 2 is 1.63 bits per heavy atom. The monoisotopic (exact) mass is 254 g/mol. The standard InChI is InChI=1S/C16H18N2O/c1-12-8-6-7-11-14(12)18(2)16(19)15(17)13-9-4-3-5-10-13/h3-11,15H,17H2,1-2H3/t15-/m0/s1. The van der Waals surface area contributed by atoms with Crippen LogP contribution in [0.25, 0.3) is 0 Å². The van der Waals surface area contributed by atoms with Gasteiger partial charge in [0.15, 0.2) is 0 Å². The Balaban J connectivity index is 2.23. The van der Waals surface area contributed by atoms with Gasteiger partial charge in [0.25, 0.3) is 0 Å². The molecule has 0 aliphatic heterocycles. The van der Waals surface area contributed by atoms with E-state index in [1.165, 1.54) is 0 Å². The van der Waals surface area contributed by atoms with Gasteiger partial charge < -0.3 is 10.6 Å². The van der Waals surface area contributed by atoms with Crippen LogP contribution in [0.4, 0.5) is 5.69 Å². The summed E-state index contributed by atoms with van der Waals surface area (Å²) >= 11 is 0. The van der Waals surface area contributed by atoms with Gasteiger partial charge in [0.05, 0.1) is 0 Å². The zero-order valence-electron chi connectivity index (χ0n) is 11.2. The SMILES string of the molecule is Cc1ccccc1N(C)C(=O)[C@@H](N)c1ccccc1. The summed E-state index contributed by atoms with van der Waals surface area (Å²) in [5.41, 5.74) is 8.80. The first kappa shape index (κ1) is 13.3. The Bertz CT molecular complexity index is 566. The minimum atomic E-state index is -0.634. The van der Waals surface area contributed by atoms with Crippen LogP contribution in [0.2, 0.25) is 0 Å². The van der Waals surface area contributed by atoms with E-state index in [9.17, 15) is 4.79 Å². The fourth-order valence-electron chi connectivity index (χ4n) is 2.07. The second-order valence-electron chi connectivity index (χ2n) is 4.57. The summed E-state index contributed by atoms with van der Waals surface area (Å²) in [7, 11) is 1.76. The quantitative estimate of drug-likeness (QED) is 0.915. The molecular formula is C16H18N2O. The lowest BCUT2D eigenvalue weighted by molar-refractivity contribution is -0.119. The van der Waals surface area contributed by atoms with Crippen LogP contribution in [0, 0.1) is 6.92 Å². The number of nitrogens with two attached hydrogens (primary N) is 1. The first-order valence-corrected chi connectivity index (χ1v) is 6.25. The Kier molecular flexibility index (Phi) is 3.97. The average molecular weight is 254 g/mol. The highest BCUT2D eigenvalue weighted by Gasteiger charge is 2.21. The van der Waals surface area contributed by atoms with Crippen molar-refractivity contribution < 1.29 is 4.79 Å². The number of carbonyl (C=O) groups is 1. The van der Waals surface area contributed by atoms with E-state index in [2.05, 4.69) is 0 Å². The molecule has 0 bridgehead atoms. The molecule has 1 amide bonds. The van der Waals surface area contributed by atoms with Gasteiger partial charge in [0.2, 0.25) is 5.91 Å². The highest BCUT2D eigenvalue weighted by molar-refractivity contribution is 5.97. The number of aryl methyl sites for hydroxylation is 1. The Hall–Kier alpha value is -2.13. The third kappa shape index (κ3) is 2.83. The van der Waals surface area contributed by atoms with Crippen molar-refractivity contribution in [2.45, 2.75) is 13.0 Å². The lowest BCUT2D eigenvalue weighted by Crippen LogP contribution is -2.36. The smallest absolute Gasteiger partial charge is 0.248 e. The van der Waals surface area contributed by atoms with Gasteiger partial charge in [0, 0.05) is 12.7 Å². The van der Waals surface area contributed by atoms with Crippen LogP contribution in [-0.4, -0.2) is 13.0 Å². The van der Waals surface area contributed by atoms with Crippen molar-refractivity contribution in [3.05, 3.63) is 65.7 Å². The van der Waals surface area contributed by atoms with E-state index in [1.807, 2.05) is 61.5 Å². The molecule has 3 heteroatoms. The first-order chi connectivity index (χ1) is 9.11. The lowest BCUT2D eigenvalue weighted by atomic mass is 10.1. The fraction of sp³-hybridized carbons (Fsp3) is 0.188. The molecule has 98 valence electrons. The van der Waals surface area contributed by atoms with E-state index < -0.39 is 6.04 Å². The highest BCUT2D eigenvalue weighted by Crippen LogP contribution is 2.21. The minimum absolute atomic E-state index is 0.111. The Morgan fingerprint density at radius 1 is 1.05 bits per heavy atom. The van der Waals surface area contributed by atoms with Crippen molar-refractivity contribution in [1.29, 1.82) is 0 Å². The molecule has 0 aliphatic rings. The van der Waals surface area contributed by atoms with Crippen molar-refractivity contribution in [1.82, 2.24) is 0 Å². The van der Waals surface area contributed by atoms with E-state index in [0.29, 0.717) is 0 Å². The van der Waals surface area contributed by atoms with Gasteiger partial charge in [-0.25, -0.2) is 0 Å². The number of amides is 1. The number of para-hydroxylation sites is 1. The average Bonchev–Trinajstić information content (AvgIpc) is 2.46. The summed E-state index contributed by atoms with van der Waals surface area (Å²) < 4.78 is 0. The van der Waals surface area contributed by atoms with Crippen LogP contribution in [0.1, 0.15) is 17.2 Å². The molecule has 2 N–H and O–H groups in total. The van der Waals surface area contributed by atoms with Crippen LogP contribution in [0.5, 0.6) is 0 Å². The first-order valence-electron chi connectivity index (χ1n) is 6.25. The second kappa shape index (κ2) is 5.67. The van der Waals surface area contributed by atoms with Crippen molar-refractivity contribution in [2.24, 2.45) is 5.73 Å². The largest absolute Gasteiger partial charge is 0.316 e. The molecule has 2 aromatic rings. The molecule has 2 rings (SSSR count). The summed E-state index contributed by atoms with van der Waals surface area (Å²) in [6, 6.07) is 16.6. The summed E-state index contributed by atoms with van der Waals surface area (Å²) in [6.07, 6.45) is 0. The number of hydrogen-bond acceptors (Lipinski definition) is 2. The summed E-state index contributed by atoms with van der Waals surface area (Å²) in [4.78, 5) is 14.0. The van der Waals surface area contributed by atoms with E-state index in [4.69, 9.17) is 5.73 Å². The zero-order chi connectivity index (χ0) is 13.8. The molecule has 0 saturated heterocycles. The van der Waals surface area contributed by atoms with Gasteiger partial charge in [-0.1, -0.05) is 48.5 Å². The molecule has 0 spiro atoms. The van der Waals surface area contributed by atoms with E-state index in [0.717, 1.165) is 16.8 Å². The van der Waals surface area contributed by atoms with E-state index >= 15 is 0 Å². The Morgan fingerprint density at radius 3 is 2.26 bits per heavy atom. The maximum atomic E-state index is 12.4. The molecule has 2 aromatic carbocycles. The van der Waals surface area contributed by atoms with Gasteiger partial charge in [-0.2, -0.15) is 0 Å². The maximum absolute atomic E-state index is 12.4. The van der Waals surface area contributed by atoms with E-state index in [-0.39, 0.29) is 5.91 Å². The lowest BCUT2D eigenvalue weighted by Gasteiger charge is -2.23. The van der Waals surface area contributed by atoms with Crippen LogP contribution in [0.15, 0.2) is 54.6 Å². The number of benzene rings is 2. The van der Waals surface area contributed by atoms with Gasteiger partial charge in [-0.15, -0.1) is 0 Å².